The van der Waals surface area contributed by atoms with E-state index in [1.807, 2.05) is 0 Å². The SMILES string of the molecule is CCOC(=O)CC1CN(S(=O)(=O)c2cc3cc(Cl)ccc3[nH]2)CCN1C(=O)c1nc2c(s1)CN(S(C)(=O)=O)CC2. The molecular weight excluding hydrogens is 602 g/mol. The van der Waals surface area contributed by atoms with Crippen LogP contribution in [0.25, 0.3) is 10.9 Å². The molecule has 0 aliphatic carbocycles. The van der Waals surface area contributed by atoms with Crippen molar-refractivity contribution in [1.29, 1.82) is 0 Å². The summed E-state index contributed by atoms with van der Waals surface area (Å²) in [6.45, 7) is 2.17. The number of aromatic amines is 1. The van der Waals surface area contributed by atoms with Crippen molar-refractivity contribution in [2.75, 3.05) is 39.0 Å². The number of hydrogen-bond donors (Lipinski definition) is 1. The van der Waals surface area contributed by atoms with Crippen LogP contribution in [-0.2, 0) is 42.5 Å². The number of fused-ring (bicyclic) bond motifs is 2. The molecule has 0 spiro atoms. The number of H-pyrrole nitrogens is 1. The summed E-state index contributed by atoms with van der Waals surface area (Å²) in [5.74, 6) is -0.982. The highest BCUT2D eigenvalue weighted by atomic mass is 35.5. The van der Waals surface area contributed by atoms with E-state index in [1.165, 1.54) is 19.6 Å². The van der Waals surface area contributed by atoms with Crippen LogP contribution in [0.1, 0.15) is 33.7 Å². The average molecular weight is 630 g/mol. The molecule has 0 radical (unpaired) electrons. The first kappa shape index (κ1) is 29.0. The van der Waals surface area contributed by atoms with Crippen molar-refractivity contribution < 1.29 is 31.2 Å². The Bertz CT molecular complexity index is 1690. The van der Waals surface area contributed by atoms with Gasteiger partial charge in [-0.05, 0) is 31.2 Å². The minimum absolute atomic E-state index is 0.0104. The summed E-state index contributed by atoms with van der Waals surface area (Å²) in [4.78, 5) is 35.6. The van der Waals surface area contributed by atoms with Crippen LogP contribution in [0.5, 0.6) is 0 Å². The van der Waals surface area contributed by atoms with Gasteiger partial charge >= 0.3 is 5.97 Å². The number of hydrogen-bond acceptors (Lipinski definition) is 9. The summed E-state index contributed by atoms with van der Waals surface area (Å²) >= 11 is 7.17. The third-order valence-electron chi connectivity index (χ3n) is 6.94. The third kappa shape index (κ3) is 5.76. The Balaban J connectivity index is 1.39. The number of benzene rings is 1. The van der Waals surface area contributed by atoms with Gasteiger partial charge in [-0.15, -0.1) is 11.3 Å². The number of nitrogens with zero attached hydrogens (tertiary/aromatic N) is 4. The molecule has 1 unspecified atom stereocenters. The Morgan fingerprint density at radius 1 is 1.15 bits per heavy atom. The van der Waals surface area contributed by atoms with Gasteiger partial charge in [0.15, 0.2) is 5.01 Å². The number of sulfonamides is 2. The standard InChI is InChI=1S/C24H28ClN5O7S3/c1-3-37-22(31)12-17-13-29(40(35,36)21-11-15-10-16(25)4-5-18(15)26-21)8-9-30(17)24(32)23-27-19-6-7-28(39(2,33)34)14-20(19)38-23/h4-5,10-11,17,26H,3,6-9,12-14H2,1-2H3. The zero-order valence-electron chi connectivity index (χ0n) is 21.8. The van der Waals surface area contributed by atoms with Gasteiger partial charge in [0.1, 0.15) is 5.03 Å². The lowest BCUT2D eigenvalue weighted by atomic mass is 10.1. The number of thiazole rings is 1. The van der Waals surface area contributed by atoms with Gasteiger partial charge in [-0.3, -0.25) is 9.59 Å². The van der Waals surface area contributed by atoms with E-state index in [9.17, 15) is 26.4 Å². The lowest BCUT2D eigenvalue weighted by Gasteiger charge is -2.39. The number of halogens is 1. The smallest absolute Gasteiger partial charge is 0.307 e. The van der Waals surface area contributed by atoms with Crippen LogP contribution < -0.4 is 0 Å². The number of aromatic nitrogens is 2. The molecule has 2 aliphatic rings. The van der Waals surface area contributed by atoms with Crippen molar-refractivity contribution in [3.63, 3.8) is 0 Å². The molecule has 1 amide bonds. The maximum absolute atomic E-state index is 13.6. The minimum atomic E-state index is -3.98. The van der Waals surface area contributed by atoms with E-state index in [4.69, 9.17) is 16.3 Å². The fourth-order valence-electron chi connectivity index (χ4n) is 4.92. The molecule has 5 rings (SSSR count). The minimum Gasteiger partial charge on any atom is -0.466 e. The molecule has 4 heterocycles. The summed E-state index contributed by atoms with van der Waals surface area (Å²) in [6, 6.07) is 5.73. The zero-order valence-corrected chi connectivity index (χ0v) is 25.0. The van der Waals surface area contributed by atoms with Crippen LogP contribution in [0.3, 0.4) is 0 Å². The summed E-state index contributed by atoms with van der Waals surface area (Å²) in [6.07, 6.45) is 1.34. The number of carbonyl (C=O) groups excluding carboxylic acids is 2. The molecular formula is C24H28ClN5O7S3. The number of ether oxygens (including phenoxy) is 1. The summed E-state index contributed by atoms with van der Waals surface area (Å²) < 4.78 is 58.8. The fourth-order valence-corrected chi connectivity index (χ4v) is 8.54. The van der Waals surface area contributed by atoms with Crippen molar-refractivity contribution in [3.8, 4) is 0 Å². The van der Waals surface area contributed by atoms with E-state index in [-0.39, 0.29) is 55.8 Å². The highest BCUT2D eigenvalue weighted by molar-refractivity contribution is 7.89. The average Bonchev–Trinajstić information content (AvgIpc) is 3.52. The van der Waals surface area contributed by atoms with Gasteiger partial charge < -0.3 is 14.6 Å². The highest BCUT2D eigenvalue weighted by Gasteiger charge is 2.40. The monoisotopic (exact) mass is 629 g/mol. The van der Waals surface area contributed by atoms with Gasteiger partial charge in [-0.25, -0.2) is 21.8 Å². The number of esters is 1. The molecule has 40 heavy (non-hydrogen) atoms. The molecule has 12 nitrogen and oxygen atoms in total. The highest BCUT2D eigenvalue weighted by Crippen LogP contribution is 2.30. The van der Waals surface area contributed by atoms with E-state index >= 15 is 0 Å². The lowest BCUT2D eigenvalue weighted by Crippen LogP contribution is -2.57. The van der Waals surface area contributed by atoms with Gasteiger partial charge in [0.05, 0.1) is 31.0 Å². The predicted molar refractivity (Wildman–Crippen MR) is 149 cm³/mol. The molecule has 16 heteroatoms. The van der Waals surface area contributed by atoms with Crippen molar-refractivity contribution in [3.05, 3.63) is 44.9 Å². The van der Waals surface area contributed by atoms with Crippen LogP contribution in [0.2, 0.25) is 5.02 Å². The topological polar surface area (TPSA) is 150 Å². The fraction of sp³-hybridized carbons (Fsp3) is 0.458. The van der Waals surface area contributed by atoms with Crippen LogP contribution in [0, 0.1) is 0 Å². The third-order valence-corrected chi connectivity index (χ3v) is 11.3. The predicted octanol–water partition coefficient (Wildman–Crippen LogP) is 2.06. The van der Waals surface area contributed by atoms with Crippen molar-refractivity contribution in [2.24, 2.45) is 0 Å². The molecule has 1 aromatic carbocycles. The molecule has 0 saturated carbocycles. The van der Waals surface area contributed by atoms with E-state index in [0.717, 1.165) is 17.6 Å². The Kier molecular flexibility index (Phi) is 7.98. The Labute approximate surface area is 241 Å². The van der Waals surface area contributed by atoms with Crippen LogP contribution in [0.15, 0.2) is 29.3 Å². The molecule has 0 bridgehead atoms. The van der Waals surface area contributed by atoms with Gasteiger partial charge in [0.2, 0.25) is 10.0 Å². The number of nitrogens with one attached hydrogen (secondary N) is 1. The summed E-state index contributed by atoms with van der Waals surface area (Å²) in [5, 5.41) is 1.29. The Hall–Kier alpha value is -2.56. The maximum atomic E-state index is 13.6. The molecule has 1 fully saturated rings. The normalized spacial score (nSPS) is 19.1. The summed E-state index contributed by atoms with van der Waals surface area (Å²) in [7, 11) is -7.37. The largest absolute Gasteiger partial charge is 0.466 e. The van der Waals surface area contributed by atoms with E-state index in [2.05, 4.69) is 9.97 Å². The lowest BCUT2D eigenvalue weighted by molar-refractivity contribution is -0.144. The van der Waals surface area contributed by atoms with Crippen molar-refractivity contribution in [2.45, 2.75) is 37.4 Å². The molecule has 216 valence electrons. The first-order chi connectivity index (χ1) is 18.9. The Morgan fingerprint density at radius 3 is 2.65 bits per heavy atom. The number of carbonyl (C=O) groups is 2. The molecule has 1 N–H and O–H groups in total. The van der Waals surface area contributed by atoms with Crippen molar-refractivity contribution in [1.82, 2.24) is 23.5 Å². The Morgan fingerprint density at radius 2 is 1.93 bits per heavy atom. The second-order valence-corrected chi connectivity index (χ2v) is 15.0. The molecule has 3 aromatic rings. The molecule has 1 saturated heterocycles. The van der Waals surface area contributed by atoms with Crippen LogP contribution in [-0.4, -0.2) is 97.3 Å². The molecule has 1 atom stereocenters. The van der Waals surface area contributed by atoms with Gasteiger partial charge in [-0.1, -0.05) is 11.6 Å². The maximum Gasteiger partial charge on any atom is 0.307 e. The molecule has 2 aliphatic heterocycles. The zero-order chi connectivity index (χ0) is 28.8. The van der Waals surface area contributed by atoms with E-state index < -0.39 is 38.0 Å². The summed E-state index contributed by atoms with van der Waals surface area (Å²) in [5.41, 5.74) is 1.29. The number of amides is 1. The van der Waals surface area contributed by atoms with E-state index in [1.54, 1.807) is 25.1 Å². The first-order valence-electron chi connectivity index (χ1n) is 12.6. The van der Waals surface area contributed by atoms with E-state index in [0.29, 0.717) is 32.9 Å². The molecule has 2 aromatic heterocycles. The van der Waals surface area contributed by atoms with Gasteiger partial charge in [0.25, 0.3) is 15.9 Å². The number of rotatable bonds is 7. The first-order valence-corrected chi connectivity index (χ1v) is 17.0. The van der Waals surface area contributed by atoms with Crippen molar-refractivity contribution >= 4 is 65.8 Å². The van der Waals surface area contributed by atoms with Gasteiger partial charge in [-0.2, -0.15) is 8.61 Å². The number of piperazine rings is 1. The second-order valence-electron chi connectivity index (χ2n) is 9.63. The van der Waals surface area contributed by atoms with Gasteiger partial charge in [0, 0.05) is 59.9 Å². The van der Waals surface area contributed by atoms with Crippen LogP contribution >= 0.6 is 22.9 Å². The quantitative estimate of drug-likeness (QED) is 0.390. The second kappa shape index (κ2) is 11.0. The van der Waals surface area contributed by atoms with Crippen LogP contribution in [0.4, 0.5) is 0 Å².